The summed E-state index contributed by atoms with van der Waals surface area (Å²) in [6.45, 7) is 1.89. The lowest BCUT2D eigenvalue weighted by Gasteiger charge is -2.10. The molecule has 1 aromatic carbocycles. The van der Waals surface area contributed by atoms with Gasteiger partial charge >= 0.3 is 0 Å². The van der Waals surface area contributed by atoms with Crippen molar-refractivity contribution in [2.45, 2.75) is 6.92 Å². The van der Waals surface area contributed by atoms with Gasteiger partial charge in [-0.05, 0) is 19.1 Å². The van der Waals surface area contributed by atoms with E-state index in [0.29, 0.717) is 16.7 Å². The normalized spacial score (nSPS) is 10.1. The van der Waals surface area contributed by atoms with Gasteiger partial charge < -0.3 is 10.1 Å². The molecule has 0 saturated carbocycles. The number of benzene rings is 1. The number of halogens is 1. The summed E-state index contributed by atoms with van der Waals surface area (Å²) in [5, 5.41) is 3.52. The van der Waals surface area contributed by atoms with Crippen LogP contribution in [0.15, 0.2) is 30.6 Å². The smallest absolute Gasteiger partial charge is 0.227 e. The number of hydrogen-bond donors (Lipinski definition) is 1. The van der Waals surface area contributed by atoms with Crippen LogP contribution in [0, 0.1) is 6.92 Å². The molecule has 88 valence electrons. The third kappa shape index (κ3) is 2.47. The fourth-order valence-electron chi connectivity index (χ4n) is 1.42. The van der Waals surface area contributed by atoms with Crippen molar-refractivity contribution in [2.24, 2.45) is 0 Å². The Hall–Kier alpha value is -1.81. The number of rotatable bonds is 3. The highest BCUT2D eigenvalue weighted by atomic mass is 35.5. The second-order valence-corrected chi connectivity index (χ2v) is 3.84. The molecule has 2 aromatic rings. The Labute approximate surface area is 105 Å². The summed E-state index contributed by atoms with van der Waals surface area (Å²) in [5.74, 6) is 1.82. The van der Waals surface area contributed by atoms with E-state index < -0.39 is 0 Å². The molecule has 0 aliphatic carbocycles. The van der Waals surface area contributed by atoms with Crippen molar-refractivity contribution >= 4 is 17.4 Å². The van der Waals surface area contributed by atoms with Crippen LogP contribution >= 0.6 is 11.6 Å². The lowest BCUT2D eigenvalue weighted by atomic mass is 10.3. The third-order valence-electron chi connectivity index (χ3n) is 2.32. The molecule has 1 aromatic heterocycles. The van der Waals surface area contributed by atoms with Crippen molar-refractivity contribution in [1.82, 2.24) is 9.97 Å². The van der Waals surface area contributed by atoms with Gasteiger partial charge in [-0.25, -0.2) is 9.97 Å². The molecule has 17 heavy (non-hydrogen) atoms. The quantitative estimate of drug-likeness (QED) is 0.907. The SMILES string of the molecule is CNc1ncnc(Oc2ccccc2Cl)c1C. The maximum atomic E-state index is 6.02. The zero-order valence-corrected chi connectivity index (χ0v) is 10.3. The minimum absolute atomic E-state index is 0.498. The van der Waals surface area contributed by atoms with E-state index >= 15 is 0 Å². The number of nitrogens with zero attached hydrogens (tertiary/aromatic N) is 2. The molecular formula is C12H12ClN3O. The molecule has 1 heterocycles. The second kappa shape index (κ2) is 5.01. The van der Waals surface area contributed by atoms with Crippen LogP contribution in [0.3, 0.4) is 0 Å². The molecule has 0 unspecified atom stereocenters. The van der Waals surface area contributed by atoms with Crippen LogP contribution in [0.25, 0.3) is 0 Å². The first kappa shape index (κ1) is 11.7. The Balaban J connectivity index is 2.34. The average molecular weight is 250 g/mol. The minimum Gasteiger partial charge on any atom is -0.437 e. The number of para-hydroxylation sites is 1. The second-order valence-electron chi connectivity index (χ2n) is 3.43. The van der Waals surface area contributed by atoms with Gasteiger partial charge in [0.15, 0.2) is 0 Å². The van der Waals surface area contributed by atoms with Gasteiger partial charge in [0.25, 0.3) is 0 Å². The van der Waals surface area contributed by atoms with E-state index in [-0.39, 0.29) is 0 Å². The summed E-state index contributed by atoms with van der Waals surface area (Å²) in [4.78, 5) is 8.18. The first-order valence-electron chi connectivity index (χ1n) is 5.14. The van der Waals surface area contributed by atoms with Gasteiger partial charge in [-0.15, -0.1) is 0 Å². The van der Waals surface area contributed by atoms with Crippen molar-refractivity contribution < 1.29 is 4.74 Å². The van der Waals surface area contributed by atoms with Gasteiger partial charge in [0.05, 0.1) is 10.6 Å². The van der Waals surface area contributed by atoms with E-state index in [1.165, 1.54) is 6.33 Å². The van der Waals surface area contributed by atoms with Gasteiger partial charge in [-0.1, -0.05) is 23.7 Å². The number of hydrogen-bond acceptors (Lipinski definition) is 4. The van der Waals surface area contributed by atoms with E-state index in [1.54, 1.807) is 19.2 Å². The van der Waals surface area contributed by atoms with E-state index in [9.17, 15) is 0 Å². The summed E-state index contributed by atoms with van der Waals surface area (Å²) in [5.41, 5.74) is 0.843. The van der Waals surface area contributed by atoms with Crippen molar-refractivity contribution in [2.75, 3.05) is 12.4 Å². The predicted octanol–water partition coefficient (Wildman–Crippen LogP) is 3.27. The number of anilines is 1. The summed E-state index contributed by atoms with van der Waals surface area (Å²) in [7, 11) is 1.80. The number of aromatic nitrogens is 2. The Bertz CT molecular complexity index is 531. The summed E-state index contributed by atoms with van der Waals surface area (Å²) in [6.07, 6.45) is 1.45. The molecule has 0 amide bonds. The van der Waals surface area contributed by atoms with Crippen molar-refractivity contribution in [3.63, 3.8) is 0 Å². The standard InChI is InChI=1S/C12H12ClN3O/c1-8-11(14-2)15-7-16-12(8)17-10-6-4-3-5-9(10)13/h3-7H,1-2H3,(H,14,15,16). The zero-order valence-electron chi connectivity index (χ0n) is 9.57. The largest absolute Gasteiger partial charge is 0.437 e. The highest BCUT2D eigenvalue weighted by molar-refractivity contribution is 6.32. The minimum atomic E-state index is 0.498. The molecule has 0 spiro atoms. The maximum absolute atomic E-state index is 6.02. The summed E-state index contributed by atoms with van der Waals surface area (Å²) in [6, 6.07) is 7.27. The van der Waals surface area contributed by atoms with Crippen LogP contribution < -0.4 is 10.1 Å². The van der Waals surface area contributed by atoms with Crippen molar-refractivity contribution in [3.05, 3.63) is 41.2 Å². The molecule has 0 aliphatic rings. The highest BCUT2D eigenvalue weighted by Gasteiger charge is 2.09. The molecule has 0 radical (unpaired) electrons. The molecule has 2 rings (SSSR count). The Morgan fingerprint density at radius 1 is 1.24 bits per heavy atom. The first-order chi connectivity index (χ1) is 8.22. The molecule has 0 bridgehead atoms. The molecule has 0 aliphatic heterocycles. The lowest BCUT2D eigenvalue weighted by Crippen LogP contribution is -1.99. The number of ether oxygens (including phenoxy) is 1. The van der Waals surface area contributed by atoms with E-state index in [4.69, 9.17) is 16.3 Å². The predicted molar refractivity (Wildman–Crippen MR) is 67.8 cm³/mol. The van der Waals surface area contributed by atoms with E-state index in [2.05, 4.69) is 15.3 Å². The molecule has 0 atom stereocenters. The maximum Gasteiger partial charge on any atom is 0.227 e. The lowest BCUT2D eigenvalue weighted by molar-refractivity contribution is 0.458. The van der Waals surface area contributed by atoms with Crippen LogP contribution in [0.2, 0.25) is 5.02 Å². The summed E-state index contributed by atoms with van der Waals surface area (Å²) >= 11 is 6.02. The molecule has 0 fully saturated rings. The van der Waals surface area contributed by atoms with Crippen LogP contribution in [0.1, 0.15) is 5.56 Å². The van der Waals surface area contributed by atoms with Crippen LogP contribution in [-0.2, 0) is 0 Å². The van der Waals surface area contributed by atoms with Crippen LogP contribution in [0.4, 0.5) is 5.82 Å². The third-order valence-corrected chi connectivity index (χ3v) is 2.63. The van der Waals surface area contributed by atoms with E-state index in [1.807, 2.05) is 19.1 Å². The molecule has 1 N–H and O–H groups in total. The highest BCUT2D eigenvalue weighted by Crippen LogP contribution is 2.30. The fourth-order valence-corrected chi connectivity index (χ4v) is 1.59. The van der Waals surface area contributed by atoms with Gasteiger partial charge in [0.2, 0.25) is 5.88 Å². The zero-order chi connectivity index (χ0) is 12.3. The molecular weight excluding hydrogens is 238 g/mol. The van der Waals surface area contributed by atoms with Crippen molar-refractivity contribution in [1.29, 1.82) is 0 Å². The molecule has 4 nitrogen and oxygen atoms in total. The van der Waals surface area contributed by atoms with Crippen molar-refractivity contribution in [3.8, 4) is 11.6 Å². The van der Waals surface area contributed by atoms with Crippen LogP contribution in [-0.4, -0.2) is 17.0 Å². The van der Waals surface area contributed by atoms with Gasteiger partial charge in [-0.3, -0.25) is 0 Å². The van der Waals surface area contributed by atoms with Gasteiger partial charge in [0, 0.05) is 7.05 Å². The van der Waals surface area contributed by atoms with Gasteiger partial charge in [-0.2, -0.15) is 0 Å². The topological polar surface area (TPSA) is 47.0 Å². The monoisotopic (exact) mass is 249 g/mol. The Morgan fingerprint density at radius 2 is 2.00 bits per heavy atom. The Morgan fingerprint density at radius 3 is 2.71 bits per heavy atom. The van der Waals surface area contributed by atoms with Gasteiger partial charge in [0.1, 0.15) is 17.9 Å². The molecule has 0 saturated heterocycles. The first-order valence-corrected chi connectivity index (χ1v) is 5.52. The number of nitrogens with one attached hydrogen (secondary N) is 1. The summed E-state index contributed by atoms with van der Waals surface area (Å²) < 4.78 is 5.66. The average Bonchev–Trinajstić information content (AvgIpc) is 2.34. The van der Waals surface area contributed by atoms with E-state index in [0.717, 1.165) is 11.4 Å². The fraction of sp³-hybridized carbons (Fsp3) is 0.167. The van der Waals surface area contributed by atoms with Crippen LogP contribution in [0.5, 0.6) is 11.6 Å². The molecule has 5 heteroatoms. The Kier molecular flexibility index (Phi) is 3.44.